The Morgan fingerprint density at radius 2 is 2.05 bits per heavy atom. The smallest absolute Gasteiger partial charge is 0.148 e. The van der Waals surface area contributed by atoms with Crippen molar-refractivity contribution in [1.82, 2.24) is 9.97 Å². The molecule has 0 radical (unpaired) electrons. The Labute approximate surface area is 130 Å². The van der Waals surface area contributed by atoms with Crippen LogP contribution >= 0.6 is 11.3 Å². The summed E-state index contributed by atoms with van der Waals surface area (Å²) in [4.78, 5) is 10.3. The molecule has 0 aromatic carbocycles. The van der Waals surface area contributed by atoms with Gasteiger partial charge in [0.15, 0.2) is 0 Å². The third-order valence-electron chi connectivity index (χ3n) is 3.42. The van der Waals surface area contributed by atoms with E-state index < -0.39 is 0 Å². The number of hydrogen-bond acceptors (Lipinski definition) is 6. The SMILES string of the molecule is CCCC(Nc1nc(CC)nc(NN)c1C)c1cccs1. The van der Waals surface area contributed by atoms with Crippen molar-refractivity contribution in [3.05, 3.63) is 33.8 Å². The number of hydrogen-bond donors (Lipinski definition) is 3. The van der Waals surface area contributed by atoms with Crippen molar-refractivity contribution in [2.45, 2.75) is 46.1 Å². The average Bonchev–Trinajstić information content (AvgIpc) is 3.02. The molecule has 0 bridgehead atoms. The van der Waals surface area contributed by atoms with Gasteiger partial charge >= 0.3 is 0 Å². The maximum Gasteiger partial charge on any atom is 0.148 e. The lowest BCUT2D eigenvalue weighted by Gasteiger charge is -2.20. The molecule has 0 spiro atoms. The van der Waals surface area contributed by atoms with E-state index in [1.807, 2.05) is 13.8 Å². The summed E-state index contributed by atoms with van der Waals surface area (Å²) in [6.07, 6.45) is 2.96. The van der Waals surface area contributed by atoms with Crippen LogP contribution in [-0.4, -0.2) is 9.97 Å². The molecular formula is C15H23N5S. The Balaban J connectivity index is 2.31. The summed E-state index contributed by atoms with van der Waals surface area (Å²) in [6, 6.07) is 4.53. The number of anilines is 2. The molecule has 2 aromatic rings. The van der Waals surface area contributed by atoms with Gasteiger partial charge < -0.3 is 10.7 Å². The monoisotopic (exact) mass is 305 g/mol. The molecule has 6 heteroatoms. The highest BCUT2D eigenvalue weighted by Gasteiger charge is 2.16. The topological polar surface area (TPSA) is 75.9 Å². The van der Waals surface area contributed by atoms with Gasteiger partial charge in [0.05, 0.1) is 6.04 Å². The summed E-state index contributed by atoms with van der Waals surface area (Å²) in [5.74, 6) is 7.90. The molecule has 2 rings (SSSR count). The summed E-state index contributed by atoms with van der Waals surface area (Å²) in [5.41, 5.74) is 3.61. The number of aryl methyl sites for hydroxylation is 1. The predicted molar refractivity (Wildman–Crippen MR) is 89.5 cm³/mol. The summed E-state index contributed by atoms with van der Waals surface area (Å²) in [5, 5.41) is 5.67. The Morgan fingerprint density at radius 1 is 1.29 bits per heavy atom. The zero-order valence-electron chi connectivity index (χ0n) is 12.8. The summed E-state index contributed by atoms with van der Waals surface area (Å²) in [6.45, 7) is 6.21. The Morgan fingerprint density at radius 3 is 2.62 bits per heavy atom. The lowest BCUT2D eigenvalue weighted by molar-refractivity contribution is 0.682. The van der Waals surface area contributed by atoms with Crippen LogP contribution in [0.2, 0.25) is 0 Å². The molecule has 1 atom stereocenters. The molecule has 2 heterocycles. The molecule has 0 saturated carbocycles. The van der Waals surface area contributed by atoms with Crippen LogP contribution in [0.1, 0.15) is 49.0 Å². The Bertz CT molecular complexity index is 568. The number of hydrazine groups is 1. The van der Waals surface area contributed by atoms with Crippen LogP contribution in [0.15, 0.2) is 17.5 Å². The lowest BCUT2D eigenvalue weighted by atomic mass is 10.1. The van der Waals surface area contributed by atoms with Gasteiger partial charge in [-0.15, -0.1) is 11.3 Å². The fourth-order valence-electron chi connectivity index (χ4n) is 2.23. The van der Waals surface area contributed by atoms with E-state index in [0.717, 1.165) is 36.5 Å². The minimum atomic E-state index is 0.277. The first-order chi connectivity index (χ1) is 10.2. The number of nitrogens with one attached hydrogen (secondary N) is 2. The van der Waals surface area contributed by atoms with E-state index >= 15 is 0 Å². The van der Waals surface area contributed by atoms with Crippen LogP contribution in [-0.2, 0) is 6.42 Å². The molecule has 21 heavy (non-hydrogen) atoms. The van der Waals surface area contributed by atoms with Crippen molar-refractivity contribution in [2.24, 2.45) is 5.84 Å². The molecule has 0 aliphatic rings. The highest BCUT2D eigenvalue weighted by Crippen LogP contribution is 2.29. The number of nitrogens with two attached hydrogens (primary N) is 1. The van der Waals surface area contributed by atoms with Crippen molar-refractivity contribution >= 4 is 23.0 Å². The first-order valence-electron chi connectivity index (χ1n) is 7.33. The fraction of sp³-hybridized carbons (Fsp3) is 0.467. The third-order valence-corrected chi connectivity index (χ3v) is 4.41. The Hall–Kier alpha value is -1.66. The predicted octanol–water partition coefficient (Wildman–Crippen LogP) is 3.65. The second-order valence-corrected chi connectivity index (χ2v) is 5.94. The van der Waals surface area contributed by atoms with Gasteiger partial charge in [-0.2, -0.15) is 0 Å². The molecule has 5 nitrogen and oxygen atoms in total. The van der Waals surface area contributed by atoms with E-state index in [9.17, 15) is 0 Å². The molecule has 1 unspecified atom stereocenters. The maximum absolute atomic E-state index is 5.56. The molecule has 114 valence electrons. The number of thiophene rings is 1. The van der Waals surface area contributed by atoms with Crippen molar-refractivity contribution in [1.29, 1.82) is 0 Å². The maximum atomic E-state index is 5.56. The summed E-state index contributed by atoms with van der Waals surface area (Å²) < 4.78 is 0. The Kier molecular flexibility index (Phi) is 5.52. The van der Waals surface area contributed by atoms with Gasteiger partial charge in [-0.25, -0.2) is 15.8 Å². The number of aromatic nitrogens is 2. The van der Waals surface area contributed by atoms with Crippen LogP contribution in [0.5, 0.6) is 0 Å². The number of nitrogen functional groups attached to an aromatic ring is 1. The fourth-order valence-corrected chi connectivity index (χ4v) is 3.04. The minimum Gasteiger partial charge on any atom is -0.362 e. The van der Waals surface area contributed by atoms with Gasteiger partial charge in [0.2, 0.25) is 0 Å². The lowest BCUT2D eigenvalue weighted by Crippen LogP contribution is -2.17. The van der Waals surface area contributed by atoms with Crippen molar-refractivity contribution in [2.75, 3.05) is 10.7 Å². The molecule has 0 aliphatic carbocycles. The molecular weight excluding hydrogens is 282 g/mol. The van der Waals surface area contributed by atoms with Gasteiger partial charge in [0.1, 0.15) is 17.5 Å². The van der Waals surface area contributed by atoms with Gasteiger partial charge in [-0.3, -0.25) is 0 Å². The van der Waals surface area contributed by atoms with Crippen molar-refractivity contribution in [3.8, 4) is 0 Å². The highest BCUT2D eigenvalue weighted by atomic mass is 32.1. The zero-order valence-corrected chi connectivity index (χ0v) is 13.6. The standard InChI is InChI=1S/C15H23N5S/c1-4-7-11(12-8-6-9-21-12)17-14-10(3)15(20-16)19-13(5-2)18-14/h6,8-9,11H,4-5,7,16H2,1-3H3,(H2,17,18,19,20). The summed E-state index contributed by atoms with van der Waals surface area (Å²) in [7, 11) is 0. The first kappa shape index (κ1) is 15.7. The molecule has 0 fully saturated rings. The van der Waals surface area contributed by atoms with Crippen LogP contribution < -0.4 is 16.6 Å². The normalized spacial score (nSPS) is 12.2. The number of nitrogens with zero attached hydrogens (tertiary/aromatic N) is 2. The van der Waals surface area contributed by atoms with Gasteiger partial charge in [0.25, 0.3) is 0 Å². The van der Waals surface area contributed by atoms with Crippen LogP contribution in [0.3, 0.4) is 0 Å². The largest absolute Gasteiger partial charge is 0.362 e. The van der Waals surface area contributed by atoms with Gasteiger partial charge in [0, 0.05) is 16.9 Å². The van der Waals surface area contributed by atoms with Gasteiger partial charge in [-0.1, -0.05) is 26.3 Å². The molecule has 4 N–H and O–H groups in total. The van der Waals surface area contributed by atoms with Crippen LogP contribution in [0.4, 0.5) is 11.6 Å². The summed E-state index contributed by atoms with van der Waals surface area (Å²) >= 11 is 1.77. The zero-order chi connectivity index (χ0) is 15.2. The van der Waals surface area contributed by atoms with Crippen LogP contribution in [0.25, 0.3) is 0 Å². The average molecular weight is 305 g/mol. The molecule has 0 aliphatic heterocycles. The number of rotatable bonds is 7. The quantitative estimate of drug-likeness (QED) is 0.538. The van der Waals surface area contributed by atoms with E-state index in [2.05, 4.69) is 45.1 Å². The van der Waals surface area contributed by atoms with E-state index in [1.54, 1.807) is 11.3 Å². The second-order valence-electron chi connectivity index (χ2n) is 4.96. The van der Waals surface area contributed by atoms with Crippen molar-refractivity contribution < 1.29 is 0 Å². The van der Waals surface area contributed by atoms with E-state index in [1.165, 1.54) is 4.88 Å². The molecule has 0 saturated heterocycles. The van der Waals surface area contributed by atoms with E-state index in [0.29, 0.717) is 5.82 Å². The first-order valence-corrected chi connectivity index (χ1v) is 8.21. The van der Waals surface area contributed by atoms with Crippen molar-refractivity contribution in [3.63, 3.8) is 0 Å². The van der Waals surface area contributed by atoms with Crippen LogP contribution in [0, 0.1) is 6.92 Å². The van der Waals surface area contributed by atoms with E-state index in [-0.39, 0.29) is 6.04 Å². The highest BCUT2D eigenvalue weighted by molar-refractivity contribution is 7.10. The molecule has 0 amide bonds. The van der Waals surface area contributed by atoms with E-state index in [4.69, 9.17) is 5.84 Å². The molecule has 2 aromatic heterocycles. The second kappa shape index (κ2) is 7.38. The van der Waals surface area contributed by atoms with Gasteiger partial charge in [-0.05, 0) is 24.8 Å². The third kappa shape index (κ3) is 3.71. The minimum absolute atomic E-state index is 0.277.